The van der Waals surface area contributed by atoms with Gasteiger partial charge in [0.05, 0.1) is 18.4 Å². The van der Waals surface area contributed by atoms with Gasteiger partial charge in [0.15, 0.2) is 0 Å². The number of hydrogen-bond donors (Lipinski definition) is 2. The molecule has 0 spiro atoms. The molecule has 2 aromatic heterocycles. The zero-order valence-corrected chi connectivity index (χ0v) is 9.52. The summed E-state index contributed by atoms with van der Waals surface area (Å²) >= 11 is 0. The second kappa shape index (κ2) is 5.49. The van der Waals surface area contributed by atoms with Crippen LogP contribution < -0.4 is 5.32 Å². The Kier molecular flexibility index (Phi) is 3.77. The lowest BCUT2D eigenvalue weighted by molar-refractivity contribution is 0.570. The van der Waals surface area contributed by atoms with Crippen LogP contribution in [0.4, 0.5) is 4.39 Å². The lowest BCUT2D eigenvalue weighted by atomic mass is 10.1. The van der Waals surface area contributed by atoms with Gasteiger partial charge in [0.1, 0.15) is 11.5 Å². The van der Waals surface area contributed by atoms with Crippen LogP contribution in [0.2, 0.25) is 0 Å². The van der Waals surface area contributed by atoms with Crippen LogP contribution in [0, 0.1) is 5.82 Å². The molecular formula is C11H14FN5. The number of pyridine rings is 1. The summed E-state index contributed by atoms with van der Waals surface area (Å²) in [4.78, 5) is 3.85. The van der Waals surface area contributed by atoms with E-state index < -0.39 is 0 Å². The molecule has 0 radical (unpaired) electrons. The zero-order valence-electron chi connectivity index (χ0n) is 9.52. The van der Waals surface area contributed by atoms with E-state index in [2.05, 4.69) is 32.6 Å². The van der Waals surface area contributed by atoms with Crippen LogP contribution in [-0.4, -0.2) is 26.9 Å². The second-order valence-electron chi connectivity index (χ2n) is 3.72. The second-order valence-corrected chi connectivity index (χ2v) is 3.72. The van der Waals surface area contributed by atoms with Gasteiger partial charge in [-0.25, -0.2) is 4.39 Å². The molecule has 0 aromatic carbocycles. The molecule has 2 N–H and O–H groups in total. The summed E-state index contributed by atoms with van der Waals surface area (Å²) in [6, 6.07) is 1.27. The summed E-state index contributed by atoms with van der Waals surface area (Å²) in [7, 11) is 0. The molecule has 0 aliphatic carbocycles. The Morgan fingerprint density at radius 2 is 2.29 bits per heavy atom. The van der Waals surface area contributed by atoms with Gasteiger partial charge in [-0.2, -0.15) is 15.4 Å². The van der Waals surface area contributed by atoms with E-state index in [4.69, 9.17) is 0 Å². The molecule has 2 heterocycles. The molecule has 0 aliphatic heterocycles. The molecule has 0 saturated carbocycles. The summed E-state index contributed by atoms with van der Waals surface area (Å²) in [5.41, 5.74) is 1.47. The first-order chi connectivity index (χ1) is 8.31. The first kappa shape index (κ1) is 11.7. The van der Waals surface area contributed by atoms with Crippen LogP contribution in [-0.2, 0) is 0 Å². The van der Waals surface area contributed by atoms with E-state index in [1.807, 2.05) is 0 Å². The summed E-state index contributed by atoms with van der Waals surface area (Å²) in [5.74, 6) is -0.353. The van der Waals surface area contributed by atoms with Gasteiger partial charge in [-0.1, -0.05) is 6.92 Å². The molecule has 0 aliphatic rings. The molecule has 0 bridgehead atoms. The van der Waals surface area contributed by atoms with E-state index in [1.54, 1.807) is 12.4 Å². The Balaban J connectivity index is 2.27. The molecule has 0 amide bonds. The number of H-pyrrole nitrogens is 1. The van der Waals surface area contributed by atoms with Gasteiger partial charge in [0, 0.05) is 6.20 Å². The quantitative estimate of drug-likeness (QED) is 0.822. The monoisotopic (exact) mass is 235 g/mol. The maximum Gasteiger partial charge on any atom is 0.141 e. The minimum atomic E-state index is -0.353. The fraction of sp³-hybridized carbons (Fsp3) is 0.364. The van der Waals surface area contributed by atoms with Crippen molar-refractivity contribution in [1.82, 2.24) is 25.7 Å². The highest BCUT2D eigenvalue weighted by Gasteiger charge is 2.16. The molecule has 0 saturated heterocycles. The Morgan fingerprint density at radius 3 is 2.94 bits per heavy atom. The molecule has 1 unspecified atom stereocenters. The first-order valence-electron chi connectivity index (χ1n) is 5.50. The van der Waals surface area contributed by atoms with Gasteiger partial charge in [-0.05, 0) is 24.6 Å². The molecule has 90 valence electrons. The molecule has 17 heavy (non-hydrogen) atoms. The van der Waals surface area contributed by atoms with Gasteiger partial charge in [-0.15, -0.1) is 0 Å². The van der Waals surface area contributed by atoms with Crippen LogP contribution in [0.3, 0.4) is 0 Å². The van der Waals surface area contributed by atoms with E-state index in [0.29, 0.717) is 0 Å². The lowest BCUT2D eigenvalue weighted by Crippen LogP contribution is -2.23. The Bertz CT molecular complexity index is 457. The van der Waals surface area contributed by atoms with Crippen LogP contribution in [0.25, 0.3) is 0 Å². The van der Waals surface area contributed by atoms with Crippen LogP contribution >= 0.6 is 0 Å². The third kappa shape index (κ3) is 2.85. The minimum absolute atomic E-state index is 0.183. The number of aromatic nitrogens is 4. The van der Waals surface area contributed by atoms with E-state index in [9.17, 15) is 4.39 Å². The Hall–Kier alpha value is -1.82. The number of nitrogens with one attached hydrogen (secondary N) is 2. The van der Waals surface area contributed by atoms with Crippen molar-refractivity contribution >= 4 is 0 Å². The van der Waals surface area contributed by atoms with Crippen molar-refractivity contribution in [1.29, 1.82) is 0 Å². The average Bonchev–Trinajstić information content (AvgIpc) is 2.83. The highest BCUT2D eigenvalue weighted by molar-refractivity contribution is 5.23. The molecule has 2 aromatic rings. The normalized spacial score (nSPS) is 12.6. The fourth-order valence-corrected chi connectivity index (χ4v) is 1.62. The highest BCUT2D eigenvalue weighted by atomic mass is 19.1. The van der Waals surface area contributed by atoms with E-state index in [1.165, 1.54) is 12.3 Å². The van der Waals surface area contributed by atoms with Crippen LogP contribution in [0.15, 0.2) is 24.7 Å². The third-order valence-corrected chi connectivity index (χ3v) is 2.39. The molecular weight excluding hydrogens is 221 g/mol. The van der Waals surface area contributed by atoms with Crippen molar-refractivity contribution in [3.8, 4) is 0 Å². The molecule has 2 rings (SSSR count). The van der Waals surface area contributed by atoms with Crippen LogP contribution in [0.1, 0.15) is 30.6 Å². The maximum atomic E-state index is 13.2. The van der Waals surface area contributed by atoms with Crippen LogP contribution in [0.5, 0.6) is 0 Å². The standard InChI is InChI=1S/C11H14FN5/c1-2-3-14-11(10-7-15-17-16-10)8-4-9(12)6-13-5-8/h4-7,11,14H,2-3H2,1H3,(H,15,16,17). The Labute approximate surface area is 98.5 Å². The first-order valence-corrected chi connectivity index (χ1v) is 5.50. The van der Waals surface area contributed by atoms with Crippen molar-refractivity contribution in [3.63, 3.8) is 0 Å². The van der Waals surface area contributed by atoms with E-state index >= 15 is 0 Å². The number of nitrogens with zero attached hydrogens (tertiary/aromatic N) is 3. The fourth-order valence-electron chi connectivity index (χ4n) is 1.62. The van der Waals surface area contributed by atoms with E-state index in [0.717, 1.165) is 24.2 Å². The smallest absolute Gasteiger partial charge is 0.141 e. The zero-order chi connectivity index (χ0) is 12.1. The van der Waals surface area contributed by atoms with Crippen molar-refractivity contribution in [3.05, 3.63) is 41.7 Å². The predicted octanol–water partition coefficient (Wildman–Crippen LogP) is 1.43. The summed E-state index contributed by atoms with van der Waals surface area (Å²) < 4.78 is 13.2. The topological polar surface area (TPSA) is 66.5 Å². The largest absolute Gasteiger partial charge is 0.305 e. The van der Waals surface area contributed by atoms with Gasteiger partial charge >= 0.3 is 0 Å². The summed E-state index contributed by atoms with van der Waals surface area (Å²) in [6.45, 7) is 2.88. The van der Waals surface area contributed by atoms with Gasteiger partial charge < -0.3 is 5.32 Å². The summed E-state index contributed by atoms with van der Waals surface area (Å²) in [5, 5.41) is 13.6. The SMILES string of the molecule is CCCNC(c1cncc(F)c1)c1cn[nH]n1. The maximum absolute atomic E-state index is 13.2. The number of halogens is 1. The number of rotatable bonds is 5. The van der Waals surface area contributed by atoms with Gasteiger partial charge in [0.2, 0.25) is 0 Å². The molecule has 6 heteroatoms. The van der Waals surface area contributed by atoms with Crippen molar-refractivity contribution in [2.45, 2.75) is 19.4 Å². The molecule has 0 fully saturated rings. The van der Waals surface area contributed by atoms with Crippen molar-refractivity contribution in [2.24, 2.45) is 0 Å². The average molecular weight is 235 g/mol. The van der Waals surface area contributed by atoms with Crippen molar-refractivity contribution < 1.29 is 4.39 Å². The summed E-state index contributed by atoms with van der Waals surface area (Å²) in [6.07, 6.45) is 5.42. The highest BCUT2D eigenvalue weighted by Crippen LogP contribution is 2.19. The van der Waals surface area contributed by atoms with Crippen molar-refractivity contribution in [2.75, 3.05) is 6.54 Å². The third-order valence-electron chi connectivity index (χ3n) is 2.39. The van der Waals surface area contributed by atoms with E-state index in [-0.39, 0.29) is 11.9 Å². The molecule has 1 atom stereocenters. The number of aromatic amines is 1. The number of hydrogen-bond acceptors (Lipinski definition) is 4. The minimum Gasteiger partial charge on any atom is -0.305 e. The lowest BCUT2D eigenvalue weighted by Gasteiger charge is -2.15. The molecule has 5 nitrogen and oxygen atoms in total. The van der Waals surface area contributed by atoms with Gasteiger partial charge in [-0.3, -0.25) is 4.98 Å². The Morgan fingerprint density at radius 1 is 1.41 bits per heavy atom. The van der Waals surface area contributed by atoms with Gasteiger partial charge in [0.25, 0.3) is 0 Å². The predicted molar refractivity (Wildman–Crippen MR) is 60.7 cm³/mol.